The molecule has 24 heavy (non-hydrogen) atoms. The molecule has 6 nitrogen and oxygen atoms in total. The number of aromatic nitrogens is 2. The number of hydrogen-bond donors (Lipinski definition) is 0. The monoisotopic (exact) mass is 327 g/mol. The van der Waals surface area contributed by atoms with Crippen LogP contribution in [-0.2, 0) is 18.3 Å². The highest BCUT2D eigenvalue weighted by Gasteiger charge is 2.24. The van der Waals surface area contributed by atoms with Crippen LogP contribution in [0.3, 0.4) is 0 Å². The third-order valence-corrected chi connectivity index (χ3v) is 4.19. The number of piperidine rings is 1. The molecule has 1 amide bonds. The van der Waals surface area contributed by atoms with Crippen LogP contribution in [0.5, 0.6) is 5.75 Å². The number of hydrogen-bond acceptors (Lipinski definition) is 4. The van der Waals surface area contributed by atoms with E-state index in [1.807, 2.05) is 35.2 Å². The van der Waals surface area contributed by atoms with Crippen LogP contribution in [0, 0.1) is 0 Å². The Balaban J connectivity index is 1.51. The summed E-state index contributed by atoms with van der Waals surface area (Å²) in [5.41, 5.74) is 0.440. The van der Waals surface area contributed by atoms with Crippen molar-refractivity contribution in [1.82, 2.24) is 14.7 Å². The maximum absolute atomic E-state index is 12.4. The van der Waals surface area contributed by atoms with Gasteiger partial charge < -0.3 is 9.64 Å². The molecule has 1 aromatic carbocycles. The average Bonchev–Trinajstić information content (AvgIpc) is 2.60. The summed E-state index contributed by atoms with van der Waals surface area (Å²) in [6.07, 6.45) is 2.01. The van der Waals surface area contributed by atoms with Gasteiger partial charge in [0.05, 0.1) is 12.1 Å². The van der Waals surface area contributed by atoms with Gasteiger partial charge >= 0.3 is 0 Å². The standard InChI is InChI=1S/C18H21N3O3/c1-20-17(22)8-7-14(19-20)13-18(23)21-11-9-16(10-12-21)24-15-5-3-2-4-6-15/h2-8,16H,9-13H2,1H3. The number of ether oxygens (including phenoxy) is 1. The maximum Gasteiger partial charge on any atom is 0.266 e. The van der Waals surface area contributed by atoms with Gasteiger partial charge in [-0.15, -0.1) is 0 Å². The lowest BCUT2D eigenvalue weighted by molar-refractivity contribution is -0.132. The van der Waals surface area contributed by atoms with E-state index in [0.717, 1.165) is 18.6 Å². The van der Waals surface area contributed by atoms with Gasteiger partial charge in [0.2, 0.25) is 5.91 Å². The number of carbonyl (C=O) groups is 1. The highest BCUT2D eigenvalue weighted by molar-refractivity contribution is 5.78. The van der Waals surface area contributed by atoms with Crippen LogP contribution < -0.4 is 10.3 Å². The van der Waals surface area contributed by atoms with Crippen molar-refractivity contribution in [1.29, 1.82) is 0 Å². The molecule has 0 radical (unpaired) electrons. The van der Waals surface area contributed by atoms with E-state index in [4.69, 9.17) is 4.74 Å². The predicted molar refractivity (Wildman–Crippen MR) is 89.9 cm³/mol. The Bertz CT molecular complexity index is 750. The number of rotatable bonds is 4. The first-order valence-electron chi connectivity index (χ1n) is 8.14. The van der Waals surface area contributed by atoms with Crippen LogP contribution >= 0.6 is 0 Å². The van der Waals surface area contributed by atoms with E-state index in [1.165, 1.54) is 10.7 Å². The summed E-state index contributed by atoms with van der Waals surface area (Å²) in [6.45, 7) is 1.37. The molecule has 1 aliphatic rings. The second-order valence-electron chi connectivity index (χ2n) is 5.97. The van der Waals surface area contributed by atoms with Gasteiger partial charge in [0.25, 0.3) is 5.56 Å². The normalized spacial score (nSPS) is 15.3. The topological polar surface area (TPSA) is 64.4 Å². The zero-order chi connectivity index (χ0) is 16.9. The lowest BCUT2D eigenvalue weighted by atomic mass is 10.1. The predicted octanol–water partition coefficient (Wildman–Crippen LogP) is 1.39. The summed E-state index contributed by atoms with van der Waals surface area (Å²) in [5.74, 6) is 0.913. The Kier molecular flexibility index (Phi) is 4.93. The summed E-state index contributed by atoms with van der Waals surface area (Å²) in [6, 6.07) is 12.8. The molecule has 0 aliphatic carbocycles. The summed E-state index contributed by atoms with van der Waals surface area (Å²) < 4.78 is 7.19. The van der Waals surface area contributed by atoms with Gasteiger partial charge in [-0.2, -0.15) is 5.10 Å². The highest BCUT2D eigenvalue weighted by atomic mass is 16.5. The fourth-order valence-corrected chi connectivity index (χ4v) is 2.83. The number of amides is 1. The van der Waals surface area contributed by atoms with E-state index in [0.29, 0.717) is 18.8 Å². The van der Waals surface area contributed by atoms with Crippen molar-refractivity contribution in [2.45, 2.75) is 25.4 Å². The third-order valence-electron chi connectivity index (χ3n) is 4.19. The van der Waals surface area contributed by atoms with Crippen molar-refractivity contribution >= 4 is 5.91 Å². The molecule has 1 aliphatic heterocycles. The minimum Gasteiger partial charge on any atom is -0.490 e. The summed E-state index contributed by atoms with van der Waals surface area (Å²) >= 11 is 0. The Morgan fingerprint density at radius 1 is 1.17 bits per heavy atom. The first kappa shape index (κ1) is 16.2. The van der Waals surface area contributed by atoms with Gasteiger partial charge in [0, 0.05) is 39.0 Å². The van der Waals surface area contributed by atoms with Gasteiger partial charge in [0.1, 0.15) is 11.9 Å². The quantitative estimate of drug-likeness (QED) is 0.851. The van der Waals surface area contributed by atoms with E-state index in [-0.39, 0.29) is 24.0 Å². The van der Waals surface area contributed by atoms with Crippen LogP contribution in [0.2, 0.25) is 0 Å². The molecule has 0 spiro atoms. The number of nitrogens with zero attached hydrogens (tertiary/aromatic N) is 3. The molecule has 2 heterocycles. The number of carbonyl (C=O) groups excluding carboxylic acids is 1. The van der Waals surface area contributed by atoms with Crippen molar-refractivity contribution in [2.75, 3.05) is 13.1 Å². The van der Waals surface area contributed by atoms with Crippen LogP contribution in [-0.4, -0.2) is 39.8 Å². The number of likely N-dealkylation sites (tertiary alicyclic amines) is 1. The van der Waals surface area contributed by atoms with Crippen molar-refractivity contribution in [3.05, 3.63) is 58.5 Å². The van der Waals surface area contributed by atoms with Crippen LogP contribution in [0.25, 0.3) is 0 Å². The van der Waals surface area contributed by atoms with Crippen LogP contribution in [0.15, 0.2) is 47.3 Å². The summed E-state index contributed by atoms with van der Waals surface area (Å²) in [7, 11) is 1.59. The number of para-hydroxylation sites is 1. The van der Waals surface area contributed by atoms with Crippen molar-refractivity contribution in [3.63, 3.8) is 0 Å². The number of benzene rings is 1. The van der Waals surface area contributed by atoms with Crippen LogP contribution in [0.4, 0.5) is 0 Å². The Labute approximate surface area is 140 Å². The zero-order valence-electron chi connectivity index (χ0n) is 13.7. The minimum absolute atomic E-state index is 0.0410. The molecule has 0 bridgehead atoms. The Hall–Kier alpha value is -2.63. The Morgan fingerprint density at radius 2 is 1.88 bits per heavy atom. The fourth-order valence-electron chi connectivity index (χ4n) is 2.83. The van der Waals surface area contributed by atoms with Crippen molar-refractivity contribution in [2.24, 2.45) is 7.05 Å². The summed E-state index contributed by atoms with van der Waals surface area (Å²) in [5, 5.41) is 4.11. The molecule has 1 saturated heterocycles. The van der Waals surface area contributed by atoms with Crippen molar-refractivity contribution < 1.29 is 9.53 Å². The second-order valence-corrected chi connectivity index (χ2v) is 5.97. The average molecular weight is 327 g/mol. The SMILES string of the molecule is Cn1nc(CC(=O)N2CCC(Oc3ccccc3)CC2)ccc1=O. The van der Waals surface area contributed by atoms with Gasteiger partial charge in [-0.3, -0.25) is 9.59 Å². The molecular weight excluding hydrogens is 306 g/mol. The molecule has 0 saturated carbocycles. The molecule has 3 rings (SSSR count). The highest BCUT2D eigenvalue weighted by Crippen LogP contribution is 2.19. The number of aryl methyl sites for hydroxylation is 1. The summed E-state index contributed by atoms with van der Waals surface area (Å²) in [4.78, 5) is 25.6. The smallest absolute Gasteiger partial charge is 0.266 e. The fraction of sp³-hybridized carbons (Fsp3) is 0.389. The Morgan fingerprint density at radius 3 is 2.54 bits per heavy atom. The zero-order valence-corrected chi connectivity index (χ0v) is 13.7. The van der Waals surface area contributed by atoms with Gasteiger partial charge in [-0.1, -0.05) is 18.2 Å². The molecule has 0 atom stereocenters. The third kappa shape index (κ3) is 4.01. The van der Waals surface area contributed by atoms with Gasteiger partial charge in [-0.05, 0) is 18.2 Å². The maximum atomic E-state index is 12.4. The second kappa shape index (κ2) is 7.29. The molecule has 0 unspecified atom stereocenters. The van der Waals surface area contributed by atoms with E-state index >= 15 is 0 Å². The lowest BCUT2D eigenvalue weighted by Gasteiger charge is -2.32. The van der Waals surface area contributed by atoms with Gasteiger partial charge in [0.15, 0.2) is 0 Å². The molecule has 1 aromatic heterocycles. The van der Waals surface area contributed by atoms with Crippen LogP contribution in [0.1, 0.15) is 18.5 Å². The minimum atomic E-state index is -0.176. The first-order chi connectivity index (χ1) is 11.6. The molecule has 6 heteroatoms. The van der Waals surface area contributed by atoms with E-state index < -0.39 is 0 Å². The van der Waals surface area contributed by atoms with E-state index in [1.54, 1.807) is 13.1 Å². The molecule has 0 N–H and O–H groups in total. The largest absolute Gasteiger partial charge is 0.490 e. The van der Waals surface area contributed by atoms with Gasteiger partial charge in [-0.25, -0.2) is 4.68 Å². The van der Waals surface area contributed by atoms with E-state index in [9.17, 15) is 9.59 Å². The lowest BCUT2D eigenvalue weighted by Crippen LogP contribution is -2.42. The molecule has 1 fully saturated rings. The van der Waals surface area contributed by atoms with E-state index in [2.05, 4.69) is 5.10 Å². The first-order valence-corrected chi connectivity index (χ1v) is 8.14. The molecule has 2 aromatic rings. The van der Waals surface area contributed by atoms with Crippen molar-refractivity contribution in [3.8, 4) is 5.75 Å². The molecular formula is C18H21N3O3. The molecule has 126 valence electrons.